The van der Waals surface area contributed by atoms with Gasteiger partial charge in [0.25, 0.3) is 0 Å². The van der Waals surface area contributed by atoms with Gasteiger partial charge < -0.3 is 10.1 Å². The summed E-state index contributed by atoms with van der Waals surface area (Å²) < 4.78 is 5.32. The lowest BCUT2D eigenvalue weighted by Crippen LogP contribution is -2.24. The Morgan fingerprint density at radius 1 is 1.53 bits per heavy atom. The number of aromatic nitrogens is 1. The quantitative estimate of drug-likeness (QED) is 0.646. The number of halogens is 1. The molecule has 0 fully saturated rings. The highest BCUT2D eigenvalue weighted by Gasteiger charge is 1.93. The van der Waals surface area contributed by atoms with Crippen LogP contribution >= 0.6 is 11.6 Å². The molecule has 17 heavy (non-hydrogen) atoms. The molecule has 0 saturated carbocycles. The number of pyridine rings is 1. The van der Waals surface area contributed by atoms with Crippen LogP contribution < -0.4 is 10.1 Å². The lowest BCUT2D eigenvalue weighted by atomic mass is 10.4. The Labute approximate surface area is 105 Å². The van der Waals surface area contributed by atoms with Crippen LogP contribution in [0.2, 0.25) is 0 Å². The molecule has 0 aliphatic heterocycles. The zero-order valence-corrected chi connectivity index (χ0v) is 10.3. The van der Waals surface area contributed by atoms with Gasteiger partial charge in [0.15, 0.2) is 0 Å². The van der Waals surface area contributed by atoms with Crippen LogP contribution in [0.3, 0.4) is 0 Å². The minimum absolute atomic E-state index is 0.0484. The number of ether oxygens (including phenoxy) is 1. The minimum Gasteiger partial charge on any atom is -0.479 e. The van der Waals surface area contributed by atoms with Gasteiger partial charge in [0.1, 0.15) is 18.2 Å². The smallest absolute Gasteiger partial charge is 0.235 e. The van der Waals surface area contributed by atoms with E-state index in [1.165, 1.54) is 0 Å². The Morgan fingerprint density at radius 3 is 3.00 bits per heavy atom. The summed E-state index contributed by atoms with van der Waals surface area (Å²) in [7, 11) is 0. The number of hydrogen-bond acceptors (Lipinski definition) is 3. The van der Waals surface area contributed by atoms with E-state index in [2.05, 4.69) is 22.1 Å². The van der Waals surface area contributed by atoms with E-state index in [0.29, 0.717) is 5.75 Å². The number of nitrogens with zero attached hydrogens (tertiary/aromatic N) is 1. The average molecular weight is 253 g/mol. The number of carbonyl (C=O) groups is 1. The molecule has 0 bridgehead atoms. The van der Waals surface area contributed by atoms with Crippen molar-refractivity contribution in [1.29, 1.82) is 0 Å². The van der Waals surface area contributed by atoms with E-state index in [9.17, 15) is 4.79 Å². The van der Waals surface area contributed by atoms with Gasteiger partial charge >= 0.3 is 0 Å². The molecule has 0 saturated heterocycles. The van der Waals surface area contributed by atoms with Crippen molar-refractivity contribution in [3.8, 4) is 17.6 Å². The van der Waals surface area contributed by atoms with E-state index >= 15 is 0 Å². The van der Waals surface area contributed by atoms with Crippen molar-refractivity contribution in [2.24, 2.45) is 0 Å². The molecular weight excluding hydrogens is 240 g/mol. The van der Waals surface area contributed by atoms with Crippen molar-refractivity contribution in [2.45, 2.75) is 6.92 Å². The highest BCUT2D eigenvalue weighted by molar-refractivity contribution is 6.27. The van der Waals surface area contributed by atoms with Crippen molar-refractivity contribution in [1.82, 2.24) is 10.3 Å². The Bertz CT molecular complexity index is 420. The van der Waals surface area contributed by atoms with Crippen molar-refractivity contribution >= 4 is 17.5 Å². The Morgan fingerprint density at radius 2 is 2.35 bits per heavy atom. The molecule has 1 aromatic rings. The van der Waals surface area contributed by atoms with Crippen LogP contribution in [-0.4, -0.2) is 29.9 Å². The molecule has 1 heterocycles. The van der Waals surface area contributed by atoms with Gasteiger partial charge in [0.2, 0.25) is 5.91 Å². The first-order chi connectivity index (χ1) is 8.22. The Hall–Kier alpha value is -1.73. The third kappa shape index (κ3) is 5.79. The van der Waals surface area contributed by atoms with Gasteiger partial charge in [-0.05, 0) is 19.1 Å². The largest absolute Gasteiger partial charge is 0.479 e. The number of aryl methyl sites for hydroxylation is 1. The number of rotatable bonds is 4. The molecule has 0 radical (unpaired) electrons. The van der Waals surface area contributed by atoms with E-state index < -0.39 is 0 Å². The maximum Gasteiger partial charge on any atom is 0.235 e. The van der Waals surface area contributed by atoms with E-state index in [0.717, 1.165) is 5.69 Å². The molecule has 1 rings (SSSR count). The van der Waals surface area contributed by atoms with Gasteiger partial charge in [-0.2, -0.15) is 0 Å². The highest BCUT2D eigenvalue weighted by atomic mass is 35.5. The zero-order chi connectivity index (χ0) is 12.5. The molecule has 0 spiro atoms. The third-order valence-corrected chi connectivity index (χ3v) is 2.06. The summed E-state index contributed by atoms with van der Waals surface area (Å²) in [6.45, 7) is 2.45. The summed E-state index contributed by atoms with van der Waals surface area (Å²) in [4.78, 5) is 14.8. The number of nitrogens with one attached hydrogen (secondary N) is 1. The molecule has 0 unspecified atom stereocenters. The van der Waals surface area contributed by atoms with E-state index in [1.54, 1.807) is 6.20 Å². The molecule has 0 aliphatic carbocycles. The minimum atomic E-state index is -0.232. The predicted molar refractivity (Wildman–Crippen MR) is 66.0 cm³/mol. The average Bonchev–Trinajstić information content (AvgIpc) is 2.35. The molecule has 90 valence electrons. The third-order valence-electron chi connectivity index (χ3n) is 1.82. The van der Waals surface area contributed by atoms with Gasteiger partial charge in [-0.25, -0.2) is 0 Å². The van der Waals surface area contributed by atoms with Crippen LogP contribution in [0, 0.1) is 18.8 Å². The van der Waals surface area contributed by atoms with Gasteiger partial charge in [-0.3, -0.25) is 9.78 Å². The second kappa shape index (κ2) is 7.53. The number of carbonyl (C=O) groups excluding carboxylic acids is 1. The summed E-state index contributed by atoms with van der Waals surface area (Å²) in [5.41, 5.74) is 0.937. The van der Waals surface area contributed by atoms with Gasteiger partial charge in [0.05, 0.1) is 12.7 Å². The fourth-order valence-corrected chi connectivity index (χ4v) is 1.06. The molecule has 1 aromatic heterocycles. The number of alkyl halides is 1. The van der Waals surface area contributed by atoms with Crippen molar-refractivity contribution in [3.05, 3.63) is 24.0 Å². The number of amides is 1. The van der Waals surface area contributed by atoms with Crippen molar-refractivity contribution < 1.29 is 9.53 Å². The van der Waals surface area contributed by atoms with Crippen LogP contribution in [0.5, 0.6) is 5.75 Å². The summed E-state index contributed by atoms with van der Waals surface area (Å²) >= 11 is 5.29. The first-order valence-corrected chi connectivity index (χ1v) is 5.59. The second-order valence-corrected chi connectivity index (χ2v) is 3.46. The lowest BCUT2D eigenvalue weighted by molar-refractivity contribution is -0.118. The summed E-state index contributed by atoms with van der Waals surface area (Å²) in [5, 5.41) is 2.53. The van der Waals surface area contributed by atoms with Crippen LogP contribution in [0.15, 0.2) is 18.3 Å². The SMILES string of the molecule is Cc1ccc(OCC#CCNC(=O)CCl)cn1. The summed E-state index contributed by atoms with van der Waals surface area (Å²) in [6, 6.07) is 3.70. The van der Waals surface area contributed by atoms with Crippen LogP contribution in [0.4, 0.5) is 0 Å². The second-order valence-electron chi connectivity index (χ2n) is 3.19. The molecular formula is C12H13ClN2O2. The standard InChI is InChI=1S/C12H13ClN2O2/c1-10-4-5-11(9-15-10)17-7-3-2-6-14-12(16)8-13/h4-5,9H,6-8H2,1H3,(H,14,16). The summed E-state index contributed by atoms with van der Waals surface area (Å²) in [6.07, 6.45) is 1.65. The van der Waals surface area contributed by atoms with E-state index in [4.69, 9.17) is 16.3 Å². The van der Waals surface area contributed by atoms with Crippen molar-refractivity contribution in [2.75, 3.05) is 19.0 Å². The normalized spacial score (nSPS) is 9.06. The first kappa shape index (κ1) is 13.3. The van der Waals surface area contributed by atoms with Crippen LogP contribution in [-0.2, 0) is 4.79 Å². The fourth-order valence-electron chi connectivity index (χ4n) is 0.963. The van der Waals surface area contributed by atoms with Crippen LogP contribution in [0.25, 0.3) is 0 Å². The zero-order valence-electron chi connectivity index (χ0n) is 9.50. The lowest BCUT2D eigenvalue weighted by Gasteiger charge is -2.00. The fraction of sp³-hybridized carbons (Fsp3) is 0.333. The highest BCUT2D eigenvalue weighted by Crippen LogP contribution is 2.07. The summed E-state index contributed by atoms with van der Waals surface area (Å²) in [5.74, 6) is 5.91. The Balaban J connectivity index is 2.21. The first-order valence-electron chi connectivity index (χ1n) is 5.06. The molecule has 5 heteroatoms. The predicted octanol–water partition coefficient (Wildman–Crippen LogP) is 1.13. The van der Waals surface area contributed by atoms with Gasteiger partial charge in [0, 0.05) is 5.69 Å². The molecule has 4 nitrogen and oxygen atoms in total. The van der Waals surface area contributed by atoms with E-state index in [-0.39, 0.29) is 24.9 Å². The van der Waals surface area contributed by atoms with Crippen molar-refractivity contribution in [3.63, 3.8) is 0 Å². The molecule has 0 aromatic carbocycles. The van der Waals surface area contributed by atoms with Gasteiger partial charge in [-0.15, -0.1) is 11.6 Å². The van der Waals surface area contributed by atoms with Gasteiger partial charge in [-0.1, -0.05) is 11.8 Å². The monoisotopic (exact) mass is 252 g/mol. The maximum atomic E-state index is 10.7. The molecule has 1 N–H and O–H groups in total. The molecule has 1 amide bonds. The van der Waals surface area contributed by atoms with E-state index in [1.807, 2.05) is 19.1 Å². The molecule has 0 atom stereocenters. The van der Waals surface area contributed by atoms with Crippen LogP contribution in [0.1, 0.15) is 5.69 Å². The number of hydrogen-bond donors (Lipinski definition) is 1. The Kier molecular flexibility index (Phi) is 5.91. The molecule has 0 aliphatic rings. The topological polar surface area (TPSA) is 51.2 Å². The maximum absolute atomic E-state index is 10.7.